The van der Waals surface area contributed by atoms with Crippen LogP contribution >= 0.6 is 0 Å². The third-order valence-electron chi connectivity index (χ3n) is 6.63. The van der Waals surface area contributed by atoms with Crippen molar-refractivity contribution in [1.82, 2.24) is 9.88 Å². The van der Waals surface area contributed by atoms with Crippen LogP contribution in [0.1, 0.15) is 12.0 Å². The van der Waals surface area contributed by atoms with E-state index in [0.29, 0.717) is 43.7 Å². The maximum absolute atomic E-state index is 13.7. The van der Waals surface area contributed by atoms with Gasteiger partial charge in [-0.3, -0.25) is 0 Å². The number of hydrogen-bond donors (Lipinski definition) is 2. The highest BCUT2D eigenvalue weighted by atomic mass is 19.4. The van der Waals surface area contributed by atoms with E-state index in [-0.39, 0.29) is 19.8 Å². The molecule has 0 bridgehead atoms. The van der Waals surface area contributed by atoms with Gasteiger partial charge in [0.15, 0.2) is 0 Å². The largest absolute Gasteiger partial charge is 0.475 e. The van der Waals surface area contributed by atoms with Crippen LogP contribution in [0.3, 0.4) is 0 Å². The fourth-order valence-corrected chi connectivity index (χ4v) is 4.51. The molecule has 2 aliphatic rings. The number of carbonyl (C=O) groups excluding carboxylic acids is 1. The van der Waals surface area contributed by atoms with Gasteiger partial charge >= 0.3 is 18.1 Å². The van der Waals surface area contributed by atoms with E-state index in [0.717, 1.165) is 21.6 Å². The number of anilines is 2. The zero-order chi connectivity index (χ0) is 27.5. The normalized spacial score (nSPS) is 18.6. The number of nitrogens with zero attached hydrogens (tertiary/aromatic N) is 3. The fourth-order valence-electron chi connectivity index (χ4n) is 4.51. The first kappa shape index (κ1) is 27.8. The van der Waals surface area contributed by atoms with Crippen LogP contribution in [0.2, 0.25) is 0 Å². The lowest BCUT2D eigenvalue weighted by Crippen LogP contribution is -2.45. The van der Waals surface area contributed by atoms with Gasteiger partial charge in [0.05, 0.1) is 25.7 Å². The molecule has 2 aliphatic heterocycles. The number of likely N-dealkylation sites (tertiary alicyclic amines) is 1. The minimum atomic E-state index is -5.67. The van der Waals surface area contributed by atoms with Crippen LogP contribution in [0, 0.1) is 12.8 Å². The Balaban J connectivity index is 1.54. The first-order valence-corrected chi connectivity index (χ1v) is 12.2. The average molecular weight is 545 g/mol. The molecule has 2 saturated heterocycles. The molecule has 1 atom stereocenters. The molecule has 4 rings (SSSR count). The SMILES string of the molecule is Cc1ccc(NC(=O)N2CC[C@H](C(F)(F)C(F)(F)F)C2)cc1-c1cc(OCCO)nc(N2CCOCC2)c1. The van der Waals surface area contributed by atoms with Gasteiger partial charge in [-0.15, -0.1) is 0 Å². The number of aliphatic hydroxyl groups excluding tert-OH is 1. The maximum atomic E-state index is 13.7. The molecule has 0 aliphatic carbocycles. The van der Waals surface area contributed by atoms with Crippen LogP contribution in [-0.4, -0.2) is 85.7 Å². The second kappa shape index (κ2) is 11.3. The van der Waals surface area contributed by atoms with Crippen molar-refractivity contribution in [2.24, 2.45) is 5.92 Å². The minimum absolute atomic E-state index is 0.0539. The van der Waals surface area contributed by atoms with Gasteiger partial charge in [0.25, 0.3) is 0 Å². The molecule has 2 fully saturated rings. The summed E-state index contributed by atoms with van der Waals surface area (Å²) in [5.74, 6) is -5.90. The number of halogens is 5. The first-order chi connectivity index (χ1) is 18.0. The molecule has 0 unspecified atom stereocenters. The summed E-state index contributed by atoms with van der Waals surface area (Å²) in [7, 11) is 0. The van der Waals surface area contributed by atoms with Gasteiger partial charge < -0.3 is 29.7 Å². The smallest absolute Gasteiger partial charge is 0.453 e. The molecule has 38 heavy (non-hydrogen) atoms. The first-order valence-electron chi connectivity index (χ1n) is 12.2. The summed E-state index contributed by atoms with van der Waals surface area (Å²) in [4.78, 5) is 20.3. The number of nitrogens with one attached hydrogen (secondary N) is 1. The third-order valence-corrected chi connectivity index (χ3v) is 6.63. The Bertz CT molecular complexity index is 1140. The lowest BCUT2D eigenvalue weighted by atomic mass is 10.00. The lowest BCUT2D eigenvalue weighted by molar-refractivity contribution is -0.300. The highest BCUT2D eigenvalue weighted by molar-refractivity contribution is 5.90. The Morgan fingerprint density at radius 2 is 1.89 bits per heavy atom. The number of amides is 2. The molecule has 8 nitrogen and oxygen atoms in total. The molecule has 0 saturated carbocycles. The van der Waals surface area contributed by atoms with Gasteiger partial charge in [0.2, 0.25) is 5.88 Å². The average Bonchev–Trinajstić information content (AvgIpc) is 3.40. The van der Waals surface area contributed by atoms with Crippen molar-refractivity contribution in [3.8, 4) is 17.0 Å². The van der Waals surface area contributed by atoms with Gasteiger partial charge in [0, 0.05) is 37.9 Å². The summed E-state index contributed by atoms with van der Waals surface area (Å²) in [6.45, 7) is 3.19. The van der Waals surface area contributed by atoms with E-state index in [1.807, 2.05) is 17.9 Å². The highest BCUT2D eigenvalue weighted by Gasteiger charge is 2.63. The third kappa shape index (κ3) is 6.09. The van der Waals surface area contributed by atoms with Gasteiger partial charge in [0.1, 0.15) is 12.4 Å². The number of aromatic nitrogens is 1. The molecule has 0 radical (unpaired) electrons. The topological polar surface area (TPSA) is 87.2 Å². The second-order valence-electron chi connectivity index (χ2n) is 9.24. The number of ether oxygens (including phenoxy) is 2. The zero-order valence-corrected chi connectivity index (χ0v) is 20.7. The molecular formula is C25H29F5N4O4. The molecule has 0 spiro atoms. The molecule has 2 N–H and O–H groups in total. The maximum Gasteiger partial charge on any atom is 0.453 e. The van der Waals surface area contributed by atoms with E-state index in [2.05, 4.69) is 10.3 Å². The Hall–Kier alpha value is -3.19. The van der Waals surface area contributed by atoms with E-state index in [1.165, 1.54) is 0 Å². The number of urea groups is 1. The van der Waals surface area contributed by atoms with Crippen LogP contribution in [0.25, 0.3) is 11.1 Å². The number of aliphatic hydroxyl groups is 1. The summed E-state index contributed by atoms with van der Waals surface area (Å²) < 4.78 is 76.7. The van der Waals surface area contributed by atoms with Crippen molar-refractivity contribution in [2.75, 3.05) is 62.8 Å². The number of alkyl halides is 5. The van der Waals surface area contributed by atoms with Crippen molar-refractivity contribution in [1.29, 1.82) is 0 Å². The fraction of sp³-hybridized carbons (Fsp3) is 0.520. The van der Waals surface area contributed by atoms with E-state index in [9.17, 15) is 26.7 Å². The predicted molar refractivity (Wildman–Crippen MR) is 130 cm³/mol. The van der Waals surface area contributed by atoms with Crippen LogP contribution in [0.5, 0.6) is 5.88 Å². The van der Waals surface area contributed by atoms with Crippen molar-refractivity contribution < 1.29 is 41.3 Å². The van der Waals surface area contributed by atoms with Crippen LogP contribution in [0.15, 0.2) is 30.3 Å². The highest BCUT2D eigenvalue weighted by Crippen LogP contribution is 2.44. The van der Waals surface area contributed by atoms with Gasteiger partial charge in [-0.25, -0.2) is 4.79 Å². The Kier molecular flexibility index (Phi) is 8.26. The zero-order valence-electron chi connectivity index (χ0n) is 20.7. The number of pyridine rings is 1. The van der Waals surface area contributed by atoms with Crippen LogP contribution in [0.4, 0.5) is 38.3 Å². The summed E-state index contributed by atoms with van der Waals surface area (Å²) in [6.07, 6.45) is -6.11. The van der Waals surface area contributed by atoms with Crippen LogP contribution < -0.4 is 15.0 Å². The molecule has 1 aromatic carbocycles. The quantitative estimate of drug-likeness (QED) is 0.506. The standard InChI is InChI=1S/C25H29F5N4O4/c1-16-2-3-19(31-23(36)34-5-4-18(15-34)24(26,27)25(28,29)30)14-20(16)17-12-21(33-6-9-37-10-7-33)32-22(13-17)38-11-8-35/h2-3,12-14,18,35H,4-11,15H2,1H3,(H,31,36)/t18-/m0/s1. The second-order valence-corrected chi connectivity index (χ2v) is 9.24. The van der Waals surface area contributed by atoms with Gasteiger partial charge in [-0.1, -0.05) is 6.07 Å². The number of benzene rings is 1. The van der Waals surface area contributed by atoms with E-state index in [1.54, 1.807) is 24.3 Å². The molecule has 13 heteroatoms. The predicted octanol–water partition coefficient (Wildman–Crippen LogP) is 4.32. The van der Waals surface area contributed by atoms with Crippen molar-refractivity contribution in [2.45, 2.75) is 25.4 Å². The minimum Gasteiger partial charge on any atom is -0.475 e. The summed E-state index contributed by atoms with van der Waals surface area (Å²) >= 11 is 0. The molecular weight excluding hydrogens is 515 g/mol. The number of carbonyl (C=O) groups is 1. The lowest BCUT2D eigenvalue weighted by Gasteiger charge is -2.28. The summed E-state index contributed by atoms with van der Waals surface area (Å²) in [6, 6.07) is 7.91. The summed E-state index contributed by atoms with van der Waals surface area (Å²) in [5.41, 5.74) is 2.68. The number of morpholine rings is 1. The molecule has 3 heterocycles. The van der Waals surface area contributed by atoms with E-state index in [4.69, 9.17) is 14.6 Å². The van der Waals surface area contributed by atoms with E-state index < -0.39 is 37.0 Å². The van der Waals surface area contributed by atoms with Crippen molar-refractivity contribution >= 4 is 17.5 Å². The summed E-state index contributed by atoms with van der Waals surface area (Å²) in [5, 5.41) is 11.8. The number of aryl methyl sites for hydroxylation is 1. The van der Waals surface area contributed by atoms with Gasteiger partial charge in [-0.2, -0.15) is 26.9 Å². The Morgan fingerprint density at radius 3 is 2.58 bits per heavy atom. The molecule has 208 valence electrons. The van der Waals surface area contributed by atoms with Crippen molar-refractivity contribution in [3.05, 3.63) is 35.9 Å². The van der Waals surface area contributed by atoms with Crippen molar-refractivity contribution in [3.63, 3.8) is 0 Å². The number of rotatable bonds is 7. The monoisotopic (exact) mass is 544 g/mol. The Labute approximate surface area is 216 Å². The molecule has 2 amide bonds. The Morgan fingerprint density at radius 1 is 1.16 bits per heavy atom. The molecule has 2 aromatic rings. The molecule has 1 aromatic heterocycles. The number of hydrogen-bond acceptors (Lipinski definition) is 6. The van der Waals surface area contributed by atoms with E-state index >= 15 is 0 Å². The van der Waals surface area contributed by atoms with Crippen LogP contribution in [-0.2, 0) is 4.74 Å². The van der Waals surface area contributed by atoms with Gasteiger partial charge in [-0.05, 0) is 48.2 Å².